The Hall–Kier alpha value is -2.88. The van der Waals surface area contributed by atoms with Crippen molar-refractivity contribution in [2.45, 2.75) is 12.8 Å². The van der Waals surface area contributed by atoms with Crippen LogP contribution >= 0.6 is 0 Å². The molecule has 23 heavy (non-hydrogen) atoms. The minimum Gasteiger partial charge on any atom is -0.354 e. The summed E-state index contributed by atoms with van der Waals surface area (Å²) >= 11 is 0. The molecule has 0 atom stereocenters. The van der Waals surface area contributed by atoms with Crippen molar-refractivity contribution in [3.8, 4) is 11.3 Å². The Morgan fingerprint density at radius 2 is 1.83 bits per heavy atom. The molecule has 114 valence electrons. The summed E-state index contributed by atoms with van der Waals surface area (Å²) in [6.45, 7) is 0. The predicted molar refractivity (Wildman–Crippen MR) is 92.2 cm³/mol. The molecule has 1 aliphatic rings. The molecule has 1 heterocycles. The van der Waals surface area contributed by atoms with Crippen molar-refractivity contribution in [1.82, 2.24) is 10.4 Å². The van der Waals surface area contributed by atoms with E-state index in [1.165, 1.54) is 0 Å². The van der Waals surface area contributed by atoms with Crippen LogP contribution in [-0.4, -0.2) is 17.1 Å². The maximum absolute atomic E-state index is 11.7. The fourth-order valence-electron chi connectivity index (χ4n) is 2.73. The number of aromatic nitrogens is 1. The van der Waals surface area contributed by atoms with E-state index in [0.717, 1.165) is 40.6 Å². The van der Waals surface area contributed by atoms with Crippen molar-refractivity contribution in [2.24, 2.45) is 11.0 Å². The van der Waals surface area contributed by atoms with Gasteiger partial charge < -0.3 is 4.98 Å². The Bertz CT molecular complexity index is 876. The molecule has 0 saturated heterocycles. The first-order valence-corrected chi connectivity index (χ1v) is 7.82. The SMILES string of the molecule is O=C(N/N=C\c1c(-c2ccccc2)[nH]c2ccccc12)C1CC1. The average Bonchev–Trinajstić information content (AvgIpc) is 3.38. The summed E-state index contributed by atoms with van der Waals surface area (Å²) in [5.74, 6) is 0.172. The Kier molecular flexibility index (Phi) is 3.42. The van der Waals surface area contributed by atoms with Crippen LogP contribution in [0.4, 0.5) is 0 Å². The molecular formula is C19H17N3O. The summed E-state index contributed by atoms with van der Waals surface area (Å²) in [7, 11) is 0. The highest BCUT2D eigenvalue weighted by molar-refractivity contribution is 6.06. The van der Waals surface area contributed by atoms with Crippen molar-refractivity contribution in [3.63, 3.8) is 0 Å². The fourth-order valence-corrected chi connectivity index (χ4v) is 2.73. The van der Waals surface area contributed by atoms with Crippen molar-refractivity contribution >= 4 is 23.0 Å². The lowest BCUT2D eigenvalue weighted by atomic mass is 10.1. The van der Waals surface area contributed by atoms with Gasteiger partial charge in [-0.3, -0.25) is 4.79 Å². The van der Waals surface area contributed by atoms with E-state index in [9.17, 15) is 4.79 Å². The molecule has 1 aliphatic carbocycles. The number of nitrogens with one attached hydrogen (secondary N) is 2. The first-order chi connectivity index (χ1) is 11.3. The molecule has 3 aromatic rings. The van der Waals surface area contributed by atoms with Gasteiger partial charge in [-0.2, -0.15) is 5.10 Å². The maximum Gasteiger partial charge on any atom is 0.243 e. The second-order valence-corrected chi connectivity index (χ2v) is 5.83. The van der Waals surface area contributed by atoms with Gasteiger partial charge in [0.2, 0.25) is 5.91 Å². The van der Waals surface area contributed by atoms with Gasteiger partial charge in [-0.05, 0) is 24.5 Å². The van der Waals surface area contributed by atoms with E-state index in [0.29, 0.717) is 0 Å². The third-order valence-corrected chi connectivity index (χ3v) is 4.13. The number of nitrogens with zero attached hydrogens (tertiary/aromatic N) is 1. The van der Waals surface area contributed by atoms with Gasteiger partial charge in [0.25, 0.3) is 0 Å². The van der Waals surface area contributed by atoms with Crippen molar-refractivity contribution in [1.29, 1.82) is 0 Å². The lowest BCUT2D eigenvalue weighted by molar-refractivity contribution is -0.122. The maximum atomic E-state index is 11.7. The molecule has 0 aliphatic heterocycles. The summed E-state index contributed by atoms with van der Waals surface area (Å²) in [4.78, 5) is 15.2. The number of aromatic amines is 1. The number of hydrogen-bond acceptors (Lipinski definition) is 2. The monoisotopic (exact) mass is 303 g/mol. The van der Waals surface area contributed by atoms with Crippen LogP contribution in [0, 0.1) is 5.92 Å². The number of amides is 1. The molecule has 0 unspecified atom stereocenters. The third-order valence-electron chi connectivity index (χ3n) is 4.13. The normalized spacial score (nSPS) is 14.4. The quantitative estimate of drug-likeness (QED) is 0.560. The molecular weight excluding hydrogens is 286 g/mol. The van der Waals surface area contributed by atoms with E-state index in [1.807, 2.05) is 36.4 Å². The smallest absolute Gasteiger partial charge is 0.243 e. The molecule has 4 heteroatoms. The van der Waals surface area contributed by atoms with Gasteiger partial charge in [-0.15, -0.1) is 0 Å². The number of carbonyl (C=O) groups excluding carboxylic acids is 1. The number of fused-ring (bicyclic) bond motifs is 1. The minimum atomic E-state index is 0.0161. The Labute approximate surface area is 134 Å². The second-order valence-electron chi connectivity index (χ2n) is 5.83. The summed E-state index contributed by atoms with van der Waals surface area (Å²) in [6.07, 6.45) is 3.69. The molecule has 4 rings (SSSR count). The highest BCUT2D eigenvalue weighted by atomic mass is 16.2. The first-order valence-electron chi connectivity index (χ1n) is 7.82. The molecule has 2 aromatic carbocycles. The summed E-state index contributed by atoms with van der Waals surface area (Å²) in [6, 6.07) is 18.2. The molecule has 1 saturated carbocycles. The lowest BCUT2D eigenvalue weighted by Gasteiger charge is -2.01. The van der Waals surface area contributed by atoms with Gasteiger partial charge in [-0.1, -0.05) is 48.5 Å². The molecule has 0 bridgehead atoms. The van der Waals surface area contributed by atoms with Gasteiger partial charge in [0.1, 0.15) is 0 Å². The minimum absolute atomic E-state index is 0.0161. The van der Waals surface area contributed by atoms with E-state index in [2.05, 4.69) is 33.7 Å². The number of rotatable bonds is 4. The summed E-state index contributed by atoms with van der Waals surface area (Å²) in [5.41, 5.74) is 6.79. The van der Waals surface area contributed by atoms with Crippen LogP contribution in [0.2, 0.25) is 0 Å². The third kappa shape index (κ3) is 2.75. The van der Waals surface area contributed by atoms with Gasteiger partial charge >= 0.3 is 0 Å². The van der Waals surface area contributed by atoms with E-state index in [4.69, 9.17) is 0 Å². The van der Waals surface area contributed by atoms with Crippen LogP contribution in [0.3, 0.4) is 0 Å². The van der Waals surface area contributed by atoms with Gasteiger partial charge in [-0.25, -0.2) is 5.43 Å². The van der Waals surface area contributed by atoms with E-state index in [1.54, 1.807) is 6.21 Å². The van der Waals surface area contributed by atoms with Crippen LogP contribution in [0.5, 0.6) is 0 Å². The summed E-state index contributed by atoms with van der Waals surface area (Å²) < 4.78 is 0. The number of para-hydroxylation sites is 1. The highest BCUT2D eigenvalue weighted by Crippen LogP contribution is 2.30. The topological polar surface area (TPSA) is 57.2 Å². The van der Waals surface area contributed by atoms with Crippen molar-refractivity contribution < 1.29 is 4.79 Å². The number of hydrogen-bond donors (Lipinski definition) is 2. The van der Waals surface area contributed by atoms with Gasteiger partial charge in [0.05, 0.1) is 11.9 Å². The van der Waals surface area contributed by atoms with Crippen LogP contribution < -0.4 is 5.43 Å². The molecule has 2 N–H and O–H groups in total. The van der Waals surface area contributed by atoms with Crippen molar-refractivity contribution in [2.75, 3.05) is 0 Å². The number of benzene rings is 2. The fraction of sp³-hybridized carbons (Fsp3) is 0.158. The van der Waals surface area contributed by atoms with Gasteiger partial charge in [0.15, 0.2) is 0 Å². The first kappa shape index (κ1) is 13.8. The van der Waals surface area contributed by atoms with Crippen LogP contribution in [0.1, 0.15) is 18.4 Å². The molecule has 1 fully saturated rings. The zero-order chi connectivity index (χ0) is 15.6. The Morgan fingerprint density at radius 1 is 1.09 bits per heavy atom. The zero-order valence-corrected chi connectivity index (χ0v) is 12.6. The number of carbonyl (C=O) groups is 1. The lowest BCUT2D eigenvalue weighted by Crippen LogP contribution is -2.18. The Morgan fingerprint density at radius 3 is 2.61 bits per heavy atom. The predicted octanol–water partition coefficient (Wildman–Crippen LogP) is 3.70. The molecule has 0 radical (unpaired) electrons. The molecule has 1 aromatic heterocycles. The van der Waals surface area contributed by atoms with Crippen LogP contribution in [0.25, 0.3) is 22.2 Å². The second kappa shape index (κ2) is 5.72. The number of H-pyrrole nitrogens is 1. The van der Waals surface area contributed by atoms with E-state index < -0.39 is 0 Å². The van der Waals surface area contributed by atoms with Gasteiger partial charge in [0, 0.05) is 22.4 Å². The zero-order valence-electron chi connectivity index (χ0n) is 12.6. The number of hydrazone groups is 1. The molecule has 4 nitrogen and oxygen atoms in total. The van der Waals surface area contributed by atoms with E-state index >= 15 is 0 Å². The highest BCUT2D eigenvalue weighted by Gasteiger charge is 2.29. The van der Waals surface area contributed by atoms with E-state index in [-0.39, 0.29) is 11.8 Å². The Balaban J connectivity index is 1.73. The standard InChI is InChI=1S/C19H17N3O/c23-19(14-10-11-14)22-20-12-16-15-8-4-5-9-17(15)21-18(16)13-6-2-1-3-7-13/h1-9,12,14,21H,10-11H2,(H,22,23)/b20-12-. The van der Waals surface area contributed by atoms with Crippen molar-refractivity contribution in [3.05, 3.63) is 60.2 Å². The van der Waals surface area contributed by atoms with Crippen LogP contribution in [0.15, 0.2) is 59.7 Å². The summed E-state index contributed by atoms with van der Waals surface area (Å²) in [5, 5.41) is 5.26. The average molecular weight is 303 g/mol. The molecule has 1 amide bonds. The molecule has 0 spiro atoms. The van der Waals surface area contributed by atoms with Crippen LogP contribution in [-0.2, 0) is 4.79 Å². The largest absolute Gasteiger partial charge is 0.354 e.